The Balaban J connectivity index is 1.76. The van der Waals surface area contributed by atoms with Crippen molar-refractivity contribution in [1.29, 1.82) is 0 Å². The Morgan fingerprint density at radius 2 is 2.17 bits per heavy atom. The normalized spacial score (nSPS) is 17.4. The van der Waals surface area contributed by atoms with Gasteiger partial charge in [-0.2, -0.15) is 0 Å². The molecule has 0 amide bonds. The van der Waals surface area contributed by atoms with E-state index in [9.17, 15) is 13.5 Å². The summed E-state index contributed by atoms with van der Waals surface area (Å²) in [6, 6.07) is 8.73. The van der Waals surface area contributed by atoms with Gasteiger partial charge < -0.3 is 5.11 Å². The number of aryl methyl sites for hydroxylation is 1. The second kappa shape index (κ2) is 7.31. The van der Waals surface area contributed by atoms with Gasteiger partial charge in [0.25, 0.3) is 0 Å². The highest BCUT2D eigenvalue weighted by Gasteiger charge is 2.27. The lowest BCUT2D eigenvalue weighted by Gasteiger charge is -2.28. The van der Waals surface area contributed by atoms with Gasteiger partial charge >= 0.3 is 0 Å². The van der Waals surface area contributed by atoms with Crippen LogP contribution in [0.4, 0.5) is 0 Å². The van der Waals surface area contributed by atoms with Crippen LogP contribution in [0.1, 0.15) is 34.3 Å². The van der Waals surface area contributed by atoms with Gasteiger partial charge in [-0.1, -0.05) is 24.3 Å². The van der Waals surface area contributed by atoms with E-state index in [1.54, 1.807) is 0 Å². The monoisotopic (exact) mass is 366 g/mol. The molecule has 0 fully saturated rings. The maximum Gasteiger partial charge on any atom is 0.153 e. The Morgan fingerprint density at radius 1 is 1.38 bits per heavy atom. The smallest absolute Gasteiger partial charge is 0.153 e. The number of hydrogen-bond donors (Lipinski definition) is 1. The third-order valence-electron chi connectivity index (χ3n) is 4.28. The number of benzene rings is 1. The van der Waals surface area contributed by atoms with Crippen LogP contribution >= 0.6 is 11.3 Å². The molecule has 3 rings (SSSR count). The molecular weight excluding hydrogens is 344 g/mol. The minimum atomic E-state index is -3.06. The molecule has 0 radical (unpaired) electrons. The van der Waals surface area contributed by atoms with E-state index in [0.717, 1.165) is 18.5 Å². The molecule has 2 aromatic rings. The minimum absolute atomic E-state index is 0.00999. The fourth-order valence-corrected chi connectivity index (χ4v) is 5.30. The molecule has 1 aromatic carbocycles. The Hall–Kier alpha value is -1.28. The van der Waals surface area contributed by atoms with Gasteiger partial charge in [0.2, 0.25) is 0 Å². The van der Waals surface area contributed by atoms with Crippen molar-refractivity contribution in [1.82, 2.24) is 9.88 Å². The summed E-state index contributed by atoms with van der Waals surface area (Å²) >= 11 is 1.39. The number of hydrogen-bond acceptors (Lipinski definition) is 6. The standard InChI is InChI=1S/C17H22N2O3S2/c1-24(21,22)12-17-18-14(11-23-17)10-19(8-9-20)16-7-6-13-4-2-3-5-15(13)16/h2-5,11,16,20H,6-10,12H2,1H3. The number of rotatable bonds is 7. The van der Waals surface area contributed by atoms with Crippen LogP contribution < -0.4 is 0 Å². The first-order chi connectivity index (χ1) is 11.5. The summed E-state index contributed by atoms with van der Waals surface area (Å²) in [6.45, 7) is 1.30. The first kappa shape index (κ1) is 17.5. The van der Waals surface area contributed by atoms with Gasteiger partial charge in [-0.25, -0.2) is 13.4 Å². The third kappa shape index (κ3) is 4.22. The van der Waals surface area contributed by atoms with Crippen molar-refractivity contribution in [3.05, 3.63) is 51.5 Å². The molecule has 24 heavy (non-hydrogen) atoms. The summed E-state index contributed by atoms with van der Waals surface area (Å²) in [5, 5.41) is 12.0. The number of aliphatic hydroxyl groups is 1. The first-order valence-corrected chi connectivity index (χ1v) is 10.9. The van der Waals surface area contributed by atoms with Gasteiger partial charge in [-0.3, -0.25) is 4.90 Å². The van der Waals surface area contributed by atoms with Gasteiger partial charge in [0.1, 0.15) is 10.8 Å². The lowest BCUT2D eigenvalue weighted by Crippen LogP contribution is -2.30. The van der Waals surface area contributed by atoms with Gasteiger partial charge in [-0.05, 0) is 24.0 Å². The van der Waals surface area contributed by atoms with Gasteiger partial charge in [0, 0.05) is 30.8 Å². The summed E-state index contributed by atoms with van der Waals surface area (Å²) in [6.07, 6.45) is 3.32. The number of fused-ring (bicyclic) bond motifs is 1. The summed E-state index contributed by atoms with van der Waals surface area (Å²) in [7, 11) is -3.06. The molecule has 0 aliphatic heterocycles. The van der Waals surface area contributed by atoms with E-state index in [1.165, 1.54) is 28.7 Å². The van der Waals surface area contributed by atoms with E-state index in [4.69, 9.17) is 0 Å². The van der Waals surface area contributed by atoms with Crippen molar-refractivity contribution in [3.63, 3.8) is 0 Å². The summed E-state index contributed by atoms with van der Waals surface area (Å²) < 4.78 is 22.8. The predicted octanol–water partition coefficient (Wildman–Crippen LogP) is 2.17. The Morgan fingerprint density at radius 3 is 2.92 bits per heavy atom. The Kier molecular flexibility index (Phi) is 5.34. The second-order valence-corrected chi connectivity index (χ2v) is 9.33. The highest BCUT2D eigenvalue weighted by molar-refractivity contribution is 7.90. The third-order valence-corrected chi connectivity index (χ3v) is 6.16. The van der Waals surface area contributed by atoms with Gasteiger partial charge in [0.15, 0.2) is 9.84 Å². The van der Waals surface area contributed by atoms with Crippen molar-refractivity contribution in [2.75, 3.05) is 19.4 Å². The van der Waals surface area contributed by atoms with Crippen molar-refractivity contribution in [2.24, 2.45) is 0 Å². The second-order valence-electron chi connectivity index (χ2n) is 6.25. The molecule has 0 bridgehead atoms. The van der Waals surface area contributed by atoms with Gasteiger partial charge in [0.05, 0.1) is 12.3 Å². The number of nitrogens with zero attached hydrogens (tertiary/aromatic N) is 2. The molecule has 7 heteroatoms. The highest BCUT2D eigenvalue weighted by Crippen LogP contribution is 2.36. The maximum atomic E-state index is 11.4. The topological polar surface area (TPSA) is 70.5 Å². The molecule has 1 aliphatic rings. The summed E-state index contributed by atoms with van der Waals surface area (Å²) in [5.41, 5.74) is 3.58. The quantitative estimate of drug-likeness (QED) is 0.813. The SMILES string of the molecule is CS(=O)(=O)Cc1nc(CN(CCO)C2CCc3ccccc32)cs1. The van der Waals surface area contributed by atoms with E-state index in [-0.39, 0.29) is 18.4 Å². The molecule has 5 nitrogen and oxygen atoms in total. The molecule has 0 saturated heterocycles. The largest absolute Gasteiger partial charge is 0.395 e. The number of sulfone groups is 1. The van der Waals surface area contributed by atoms with Crippen LogP contribution in [0.2, 0.25) is 0 Å². The number of aromatic nitrogens is 1. The molecule has 130 valence electrons. The van der Waals surface area contributed by atoms with Crippen LogP contribution in [-0.4, -0.2) is 42.8 Å². The van der Waals surface area contributed by atoms with Crippen LogP contribution in [0.5, 0.6) is 0 Å². The maximum absolute atomic E-state index is 11.4. The highest BCUT2D eigenvalue weighted by atomic mass is 32.2. The van der Waals surface area contributed by atoms with Crippen LogP contribution in [0.25, 0.3) is 0 Å². The Bertz CT molecular complexity index is 802. The first-order valence-electron chi connectivity index (χ1n) is 8.00. The van der Waals surface area contributed by atoms with E-state index in [2.05, 4.69) is 34.1 Å². The molecule has 0 spiro atoms. The zero-order chi connectivity index (χ0) is 17.2. The van der Waals surface area contributed by atoms with E-state index in [0.29, 0.717) is 18.1 Å². The van der Waals surface area contributed by atoms with Crippen LogP contribution in [0.3, 0.4) is 0 Å². The summed E-state index contributed by atoms with van der Waals surface area (Å²) in [4.78, 5) is 6.70. The molecule has 1 N–H and O–H groups in total. The zero-order valence-electron chi connectivity index (χ0n) is 13.7. The van der Waals surface area contributed by atoms with Crippen LogP contribution in [0, 0.1) is 0 Å². The molecule has 1 heterocycles. The van der Waals surface area contributed by atoms with Crippen LogP contribution in [-0.2, 0) is 28.6 Å². The van der Waals surface area contributed by atoms with Crippen molar-refractivity contribution < 1.29 is 13.5 Å². The Labute approximate surface area is 146 Å². The molecule has 1 aliphatic carbocycles. The number of thiazole rings is 1. The molecule has 1 unspecified atom stereocenters. The van der Waals surface area contributed by atoms with Crippen molar-refractivity contribution in [3.8, 4) is 0 Å². The minimum Gasteiger partial charge on any atom is -0.395 e. The predicted molar refractivity (Wildman–Crippen MR) is 95.7 cm³/mol. The van der Waals surface area contributed by atoms with Crippen LogP contribution in [0.15, 0.2) is 29.6 Å². The molecule has 1 atom stereocenters. The average Bonchev–Trinajstić information content (AvgIpc) is 3.12. The van der Waals surface area contributed by atoms with Gasteiger partial charge in [-0.15, -0.1) is 11.3 Å². The molecular formula is C17H22N2O3S2. The van der Waals surface area contributed by atoms with E-state index < -0.39 is 9.84 Å². The lowest BCUT2D eigenvalue weighted by molar-refractivity contribution is 0.141. The van der Waals surface area contributed by atoms with Crippen molar-refractivity contribution >= 4 is 21.2 Å². The summed E-state index contributed by atoms with van der Waals surface area (Å²) in [5.74, 6) is -0.00999. The van der Waals surface area contributed by atoms with Crippen molar-refractivity contribution in [2.45, 2.75) is 31.2 Å². The average molecular weight is 367 g/mol. The van der Waals surface area contributed by atoms with E-state index in [1.807, 2.05) is 5.38 Å². The lowest BCUT2D eigenvalue weighted by atomic mass is 10.1. The molecule has 0 saturated carbocycles. The fraction of sp³-hybridized carbons (Fsp3) is 0.471. The zero-order valence-corrected chi connectivity index (χ0v) is 15.3. The number of aliphatic hydroxyl groups excluding tert-OH is 1. The molecule has 1 aromatic heterocycles. The fourth-order valence-electron chi connectivity index (χ4n) is 3.31. The van der Waals surface area contributed by atoms with E-state index >= 15 is 0 Å².